The van der Waals surface area contributed by atoms with Crippen molar-refractivity contribution in [3.63, 3.8) is 0 Å². The Hall–Kier alpha value is -1.70. The van der Waals surface area contributed by atoms with Crippen LogP contribution in [0.1, 0.15) is 31.8 Å². The normalized spacial score (nSPS) is 17.4. The molecule has 0 bridgehead atoms. The number of benzene rings is 1. The average molecular weight is 184 g/mol. The summed E-state index contributed by atoms with van der Waals surface area (Å²) >= 11 is 0. The Balaban J connectivity index is 2.35. The Morgan fingerprint density at radius 2 is 1.71 bits per heavy atom. The second-order valence-corrected chi connectivity index (χ2v) is 3.69. The summed E-state index contributed by atoms with van der Waals surface area (Å²) in [6, 6.07) is 3.74. The Morgan fingerprint density at radius 3 is 2.43 bits per heavy atom. The lowest BCUT2D eigenvalue weighted by molar-refractivity contribution is 0.0993. The maximum absolute atomic E-state index is 11.6. The van der Waals surface area contributed by atoms with E-state index < -0.39 is 0 Å². The van der Waals surface area contributed by atoms with Gasteiger partial charge in [0.1, 0.15) is 0 Å². The second kappa shape index (κ2) is 2.41. The summed E-state index contributed by atoms with van der Waals surface area (Å²) in [4.78, 5) is 23.1. The first-order valence-electron chi connectivity index (χ1n) is 4.69. The molecule has 0 spiro atoms. The molecule has 3 rings (SSSR count). The molecular formula is C12H8O2. The van der Waals surface area contributed by atoms with Gasteiger partial charge in [-0.25, -0.2) is 0 Å². The van der Waals surface area contributed by atoms with Crippen LogP contribution in [0.3, 0.4) is 0 Å². The summed E-state index contributed by atoms with van der Waals surface area (Å²) in [7, 11) is 0. The van der Waals surface area contributed by atoms with Gasteiger partial charge in [0.2, 0.25) is 0 Å². The second-order valence-electron chi connectivity index (χ2n) is 3.69. The molecule has 0 N–H and O–H groups in total. The van der Waals surface area contributed by atoms with Gasteiger partial charge in [-0.2, -0.15) is 0 Å². The highest BCUT2D eigenvalue weighted by Gasteiger charge is 2.27. The fraction of sp³-hybridized carbons (Fsp3) is 0.167. The van der Waals surface area contributed by atoms with E-state index in [1.165, 1.54) is 17.7 Å². The van der Waals surface area contributed by atoms with Crippen LogP contribution < -0.4 is 0 Å². The van der Waals surface area contributed by atoms with Gasteiger partial charge in [-0.05, 0) is 36.1 Å². The van der Waals surface area contributed by atoms with Crippen LogP contribution >= 0.6 is 0 Å². The largest absolute Gasteiger partial charge is 0.289 e. The highest BCUT2D eigenvalue weighted by atomic mass is 16.1. The van der Waals surface area contributed by atoms with Crippen molar-refractivity contribution in [3.8, 4) is 0 Å². The third kappa shape index (κ3) is 0.803. The number of fused-ring (bicyclic) bond motifs is 3. The Kier molecular flexibility index (Phi) is 1.32. The minimum atomic E-state index is -0.0469. The van der Waals surface area contributed by atoms with Crippen molar-refractivity contribution < 1.29 is 9.59 Å². The molecule has 0 unspecified atom stereocenters. The molecule has 0 amide bonds. The highest BCUT2D eigenvalue weighted by Crippen LogP contribution is 2.31. The first-order valence-corrected chi connectivity index (χ1v) is 4.69. The molecule has 2 heteroatoms. The molecule has 68 valence electrons. The average Bonchev–Trinajstić information content (AvgIpc) is 2.13. The quantitative estimate of drug-likeness (QED) is 0.615. The van der Waals surface area contributed by atoms with E-state index in [-0.39, 0.29) is 11.6 Å². The summed E-state index contributed by atoms with van der Waals surface area (Å²) in [5, 5.41) is 0. The predicted molar refractivity (Wildman–Crippen MR) is 51.7 cm³/mol. The molecule has 0 atom stereocenters. The number of ketones is 2. The molecule has 2 aliphatic carbocycles. The van der Waals surface area contributed by atoms with Gasteiger partial charge >= 0.3 is 0 Å². The summed E-state index contributed by atoms with van der Waals surface area (Å²) in [6.07, 6.45) is 4.71. The molecule has 0 heterocycles. The summed E-state index contributed by atoms with van der Waals surface area (Å²) in [5.74, 6) is -0.0644. The van der Waals surface area contributed by atoms with Crippen LogP contribution in [0.5, 0.6) is 0 Å². The molecule has 0 fully saturated rings. The zero-order chi connectivity index (χ0) is 9.71. The van der Waals surface area contributed by atoms with Gasteiger partial charge in [0.05, 0.1) is 0 Å². The van der Waals surface area contributed by atoms with E-state index in [4.69, 9.17) is 0 Å². The van der Waals surface area contributed by atoms with Crippen LogP contribution in [0, 0.1) is 0 Å². The number of hydrogen-bond acceptors (Lipinski definition) is 2. The Bertz CT molecular complexity index is 495. The fourth-order valence-electron chi connectivity index (χ4n) is 2.10. The van der Waals surface area contributed by atoms with E-state index in [2.05, 4.69) is 0 Å². The number of hydrogen-bond donors (Lipinski definition) is 0. The highest BCUT2D eigenvalue weighted by molar-refractivity contribution is 6.22. The maximum atomic E-state index is 11.6. The van der Waals surface area contributed by atoms with Crippen LogP contribution in [0.25, 0.3) is 0 Å². The molecule has 1 aromatic rings. The van der Waals surface area contributed by atoms with Crippen molar-refractivity contribution in [3.05, 3.63) is 46.5 Å². The number of carbonyl (C=O) groups is 2. The Labute approximate surface area is 81.2 Å². The monoisotopic (exact) mass is 184 g/mol. The van der Waals surface area contributed by atoms with Gasteiger partial charge in [0, 0.05) is 11.1 Å². The standard InChI is InChI=1S/C12H8O2/c13-10-5-6-11(14)12-8-3-1-7(8)2-4-9(10)12/h2,4-6H,1,3H2. The lowest BCUT2D eigenvalue weighted by Crippen LogP contribution is -2.21. The minimum Gasteiger partial charge on any atom is -0.289 e. The fourth-order valence-corrected chi connectivity index (χ4v) is 2.10. The zero-order valence-corrected chi connectivity index (χ0v) is 7.54. The van der Waals surface area contributed by atoms with Crippen LogP contribution in [0.2, 0.25) is 0 Å². The van der Waals surface area contributed by atoms with E-state index in [0.717, 1.165) is 18.4 Å². The number of carbonyl (C=O) groups excluding carboxylic acids is 2. The first-order chi connectivity index (χ1) is 6.77. The van der Waals surface area contributed by atoms with E-state index >= 15 is 0 Å². The van der Waals surface area contributed by atoms with E-state index in [9.17, 15) is 9.59 Å². The van der Waals surface area contributed by atoms with Crippen molar-refractivity contribution in [1.82, 2.24) is 0 Å². The predicted octanol–water partition coefficient (Wildman–Crippen LogP) is 1.72. The molecular weight excluding hydrogens is 176 g/mol. The maximum Gasteiger partial charge on any atom is 0.187 e. The molecule has 2 nitrogen and oxygen atoms in total. The summed E-state index contributed by atoms with van der Waals surface area (Å²) in [5.41, 5.74) is 3.54. The van der Waals surface area contributed by atoms with Gasteiger partial charge in [-0.1, -0.05) is 12.1 Å². The van der Waals surface area contributed by atoms with E-state index in [0.29, 0.717) is 11.1 Å². The SMILES string of the molecule is O=C1C=CC(=O)c2c1ccc1c2CC1. The van der Waals surface area contributed by atoms with Crippen LogP contribution in [-0.2, 0) is 12.8 Å². The lowest BCUT2D eigenvalue weighted by Gasteiger charge is -2.24. The van der Waals surface area contributed by atoms with Crippen LogP contribution in [0.15, 0.2) is 24.3 Å². The third-order valence-electron chi connectivity index (χ3n) is 2.95. The number of allylic oxidation sites excluding steroid dienone is 2. The zero-order valence-electron chi connectivity index (χ0n) is 7.54. The van der Waals surface area contributed by atoms with Crippen molar-refractivity contribution >= 4 is 11.6 Å². The van der Waals surface area contributed by atoms with Gasteiger partial charge < -0.3 is 0 Å². The lowest BCUT2D eigenvalue weighted by atomic mass is 9.79. The van der Waals surface area contributed by atoms with Crippen molar-refractivity contribution in [2.24, 2.45) is 0 Å². The molecule has 0 aliphatic heterocycles. The van der Waals surface area contributed by atoms with Crippen molar-refractivity contribution in [2.75, 3.05) is 0 Å². The smallest absolute Gasteiger partial charge is 0.187 e. The van der Waals surface area contributed by atoms with Gasteiger partial charge in [-0.15, -0.1) is 0 Å². The molecule has 1 aromatic carbocycles. The molecule has 2 aliphatic rings. The van der Waals surface area contributed by atoms with Crippen molar-refractivity contribution in [2.45, 2.75) is 12.8 Å². The van der Waals surface area contributed by atoms with E-state index in [1.54, 1.807) is 6.07 Å². The topological polar surface area (TPSA) is 34.1 Å². The minimum absolute atomic E-state index is 0.0175. The summed E-state index contributed by atoms with van der Waals surface area (Å²) < 4.78 is 0. The first kappa shape index (κ1) is 7.68. The molecule has 0 radical (unpaired) electrons. The van der Waals surface area contributed by atoms with E-state index in [1.807, 2.05) is 6.07 Å². The Morgan fingerprint density at radius 1 is 0.929 bits per heavy atom. The molecule has 14 heavy (non-hydrogen) atoms. The molecule has 0 saturated heterocycles. The molecule has 0 saturated carbocycles. The van der Waals surface area contributed by atoms with Gasteiger partial charge in [-0.3, -0.25) is 9.59 Å². The van der Waals surface area contributed by atoms with Crippen LogP contribution in [-0.4, -0.2) is 11.6 Å². The third-order valence-corrected chi connectivity index (χ3v) is 2.95. The number of aryl methyl sites for hydroxylation is 1. The number of rotatable bonds is 0. The molecule has 0 aromatic heterocycles. The summed E-state index contributed by atoms with van der Waals surface area (Å²) in [6.45, 7) is 0. The van der Waals surface area contributed by atoms with Gasteiger partial charge in [0.15, 0.2) is 11.6 Å². The van der Waals surface area contributed by atoms with Crippen LogP contribution in [0.4, 0.5) is 0 Å². The van der Waals surface area contributed by atoms with Crippen molar-refractivity contribution in [1.29, 1.82) is 0 Å². The van der Waals surface area contributed by atoms with Gasteiger partial charge in [0.25, 0.3) is 0 Å².